The maximum absolute atomic E-state index is 11.7. The van der Waals surface area contributed by atoms with Crippen LogP contribution in [0, 0.1) is 11.8 Å². The summed E-state index contributed by atoms with van der Waals surface area (Å²) in [6.07, 6.45) is -1.08. The van der Waals surface area contributed by atoms with E-state index in [1.807, 2.05) is 6.92 Å². The molecule has 0 aliphatic carbocycles. The van der Waals surface area contributed by atoms with Gasteiger partial charge in [0.1, 0.15) is 24.7 Å². The first-order chi connectivity index (χ1) is 12.3. The van der Waals surface area contributed by atoms with Gasteiger partial charge >= 0.3 is 17.1 Å². The molecule has 4 unspecified atom stereocenters. The number of rotatable bonds is 6. The van der Waals surface area contributed by atoms with Crippen LogP contribution in [0.1, 0.15) is 13.8 Å². The van der Waals surface area contributed by atoms with Crippen molar-refractivity contribution < 1.29 is 29.5 Å². The Balaban J connectivity index is 1.72. The van der Waals surface area contributed by atoms with Gasteiger partial charge in [0, 0.05) is 22.6 Å². The highest BCUT2D eigenvalue weighted by atomic mass is 32.2. The number of amidine groups is 1. The fraction of sp³-hybridized carbons (Fsp3) is 0.688. The lowest BCUT2D eigenvalue weighted by molar-refractivity contribution is -0.578. The molecular weight excluding hydrogens is 378 g/mol. The molecule has 2 saturated heterocycles. The van der Waals surface area contributed by atoms with Gasteiger partial charge in [0.2, 0.25) is 0 Å². The third-order valence-electron chi connectivity index (χ3n) is 4.96. The number of carbonyl (C=O) groups is 2. The molecule has 0 spiro atoms. The second kappa shape index (κ2) is 7.69. The largest absolute Gasteiger partial charge is 0.481 e. The van der Waals surface area contributed by atoms with Gasteiger partial charge in [0.25, 0.3) is 0 Å². The van der Waals surface area contributed by atoms with E-state index in [1.165, 1.54) is 23.9 Å². The standard InChI is InChI=1S/C16H23N3O5S2/c1-7-11(10(8(2)20)14(21)22)18-12(15(23)24)13(7)26-9-5-19(6-9)16-17-3-4-25-16/h7-11,18,20H,3-6H2,1-2H3,(H2,21,22,23,24)/p+1. The minimum absolute atomic E-state index is 0.0684. The minimum Gasteiger partial charge on any atom is -0.481 e. The lowest BCUT2D eigenvalue weighted by Crippen LogP contribution is -2.47. The highest BCUT2D eigenvalue weighted by molar-refractivity contribution is 8.14. The van der Waals surface area contributed by atoms with Gasteiger partial charge in [-0.25, -0.2) is 4.79 Å². The predicted octanol–water partition coefficient (Wildman–Crippen LogP) is -0.208. The summed E-state index contributed by atoms with van der Waals surface area (Å²) in [6, 6.07) is -0.640. The highest BCUT2D eigenvalue weighted by Gasteiger charge is 2.45. The number of thioether (sulfide) groups is 2. The zero-order chi connectivity index (χ0) is 19.0. The number of aliphatic hydroxyl groups is 1. The van der Waals surface area contributed by atoms with Gasteiger partial charge in [-0.05, 0) is 18.7 Å². The van der Waals surface area contributed by atoms with Gasteiger partial charge in [-0.3, -0.25) is 14.7 Å². The average Bonchev–Trinajstić information content (AvgIpc) is 3.12. The van der Waals surface area contributed by atoms with E-state index in [0.717, 1.165) is 25.4 Å². The summed E-state index contributed by atoms with van der Waals surface area (Å²) in [5.74, 6) is -2.50. The van der Waals surface area contributed by atoms with Gasteiger partial charge in [0.05, 0.1) is 17.9 Å². The summed E-state index contributed by atoms with van der Waals surface area (Å²) in [6.45, 7) is 5.90. The van der Waals surface area contributed by atoms with E-state index in [0.29, 0.717) is 4.91 Å². The Morgan fingerprint density at radius 1 is 1.35 bits per heavy atom. The van der Waals surface area contributed by atoms with E-state index >= 15 is 0 Å². The monoisotopic (exact) mass is 402 g/mol. The van der Waals surface area contributed by atoms with Crippen molar-refractivity contribution >= 4 is 40.6 Å². The number of aliphatic carboxylic acids is 2. The zero-order valence-corrected chi connectivity index (χ0v) is 16.3. The molecule has 5 N–H and O–H groups in total. The molecule has 0 radical (unpaired) electrons. The van der Waals surface area contributed by atoms with Crippen molar-refractivity contribution in [3.63, 3.8) is 0 Å². The summed E-state index contributed by atoms with van der Waals surface area (Å²) < 4.78 is 2.25. The first kappa shape index (κ1) is 19.4. The molecule has 0 amide bonds. The fourth-order valence-corrected chi connectivity index (χ4v) is 5.99. The molecule has 0 saturated carbocycles. The first-order valence-electron chi connectivity index (χ1n) is 8.59. The maximum Gasteiger partial charge on any atom is 0.352 e. The Hall–Kier alpha value is -1.39. The number of nitrogens with one attached hydrogen (secondary N) is 2. The van der Waals surface area contributed by atoms with Crippen molar-refractivity contribution in [2.75, 3.05) is 25.4 Å². The lowest BCUT2D eigenvalue weighted by Gasteiger charge is -2.30. The van der Waals surface area contributed by atoms with Crippen LogP contribution in [0.15, 0.2) is 10.6 Å². The number of aliphatic hydroxyl groups excluding tert-OH is 1. The van der Waals surface area contributed by atoms with Crippen LogP contribution in [-0.4, -0.2) is 79.8 Å². The molecule has 3 aliphatic rings. The van der Waals surface area contributed by atoms with Gasteiger partial charge in [-0.1, -0.05) is 6.92 Å². The second-order valence-electron chi connectivity index (χ2n) is 6.83. The van der Waals surface area contributed by atoms with Gasteiger partial charge < -0.3 is 20.6 Å². The Kier molecular flexibility index (Phi) is 5.73. The molecule has 26 heavy (non-hydrogen) atoms. The molecule has 3 rings (SSSR count). The van der Waals surface area contributed by atoms with Crippen molar-refractivity contribution in [1.82, 2.24) is 10.6 Å². The van der Waals surface area contributed by atoms with Crippen LogP contribution in [0.3, 0.4) is 0 Å². The van der Waals surface area contributed by atoms with Crippen LogP contribution in [0.2, 0.25) is 0 Å². The van der Waals surface area contributed by atoms with Crippen LogP contribution in [0.5, 0.6) is 0 Å². The summed E-state index contributed by atoms with van der Waals surface area (Å²) in [7, 11) is 0. The molecule has 0 aromatic carbocycles. The van der Waals surface area contributed by atoms with Crippen molar-refractivity contribution in [3.8, 4) is 0 Å². The number of nitrogens with zero attached hydrogens (tertiary/aromatic N) is 1. The molecule has 144 valence electrons. The van der Waals surface area contributed by atoms with Crippen molar-refractivity contribution in [1.29, 1.82) is 0 Å². The quantitative estimate of drug-likeness (QED) is 0.384. The third-order valence-corrected chi connectivity index (χ3v) is 7.51. The second-order valence-corrected chi connectivity index (χ2v) is 9.26. The predicted molar refractivity (Wildman–Crippen MR) is 100 cm³/mol. The van der Waals surface area contributed by atoms with E-state index in [9.17, 15) is 24.9 Å². The molecular formula is C16H24N3O5S2+. The zero-order valence-electron chi connectivity index (χ0n) is 14.6. The summed E-state index contributed by atoms with van der Waals surface area (Å²) in [5, 5.41) is 36.5. The number of hydrogen-bond acceptors (Lipinski definition) is 6. The summed E-state index contributed by atoms with van der Waals surface area (Å²) >= 11 is 3.31. The molecule has 8 nitrogen and oxygen atoms in total. The van der Waals surface area contributed by atoms with E-state index in [-0.39, 0.29) is 16.9 Å². The van der Waals surface area contributed by atoms with E-state index < -0.39 is 30.0 Å². The van der Waals surface area contributed by atoms with E-state index in [1.54, 1.807) is 11.8 Å². The Bertz CT molecular complexity index is 663. The summed E-state index contributed by atoms with van der Waals surface area (Å²) in [5.41, 5.74) is 0.0684. The van der Waals surface area contributed by atoms with Crippen molar-refractivity contribution in [2.24, 2.45) is 11.8 Å². The van der Waals surface area contributed by atoms with Crippen LogP contribution >= 0.6 is 23.5 Å². The molecule has 0 bridgehead atoms. The van der Waals surface area contributed by atoms with Crippen LogP contribution in [0.4, 0.5) is 0 Å². The SMILES string of the molecule is CC(O)C(C(=O)O)C1NC(C(=O)O)=C(SC2C[N+](=C3NCCS3)C2)C1C. The lowest BCUT2D eigenvalue weighted by atomic mass is 9.87. The highest BCUT2D eigenvalue weighted by Crippen LogP contribution is 2.41. The molecule has 10 heteroatoms. The maximum atomic E-state index is 11.7. The Morgan fingerprint density at radius 2 is 2.04 bits per heavy atom. The van der Waals surface area contributed by atoms with Crippen molar-refractivity contribution in [2.45, 2.75) is 31.2 Å². The molecule has 4 atom stereocenters. The van der Waals surface area contributed by atoms with Crippen LogP contribution in [-0.2, 0) is 9.59 Å². The smallest absolute Gasteiger partial charge is 0.352 e. The van der Waals surface area contributed by atoms with Gasteiger partial charge in [0.15, 0.2) is 0 Å². The number of carboxylic acid groups (broad SMARTS) is 2. The van der Waals surface area contributed by atoms with E-state index in [4.69, 9.17) is 0 Å². The Labute approximate surface area is 160 Å². The van der Waals surface area contributed by atoms with Crippen molar-refractivity contribution in [3.05, 3.63) is 10.6 Å². The average molecular weight is 403 g/mol. The molecule has 3 heterocycles. The number of carboxylic acids is 2. The van der Waals surface area contributed by atoms with Crippen LogP contribution in [0.25, 0.3) is 0 Å². The van der Waals surface area contributed by atoms with Gasteiger partial charge in [-0.2, -0.15) is 0 Å². The molecule has 0 aromatic heterocycles. The first-order valence-corrected chi connectivity index (χ1v) is 10.5. The Morgan fingerprint density at radius 3 is 2.54 bits per heavy atom. The third kappa shape index (κ3) is 3.67. The van der Waals surface area contributed by atoms with Gasteiger partial charge in [-0.15, -0.1) is 11.8 Å². The topological polar surface area (TPSA) is 122 Å². The summed E-state index contributed by atoms with van der Waals surface area (Å²) in [4.78, 5) is 23.9. The minimum atomic E-state index is -1.13. The molecule has 2 fully saturated rings. The normalized spacial score (nSPS) is 30.5. The van der Waals surface area contributed by atoms with Crippen LogP contribution < -0.4 is 10.6 Å². The fourth-order valence-electron chi connectivity index (χ4n) is 3.57. The number of hydrogen-bond donors (Lipinski definition) is 5. The molecule has 3 aliphatic heterocycles. The van der Waals surface area contributed by atoms with E-state index in [2.05, 4.69) is 15.2 Å². The molecule has 0 aromatic rings.